The molecule has 0 aromatic carbocycles. The highest BCUT2D eigenvalue weighted by Gasteiger charge is 2.17. The predicted octanol–water partition coefficient (Wildman–Crippen LogP) is -1.46. The van der Waals surface area contributed by atoms with Gasteiger partial charge < -0.3 is 12.2 Å². The largest absolute Gasteiger partial charge is 0.358 e. The molecule has 3 N–H and O–H groups in total. The van der Waals surface area contributed by atoms with Crippen molar-refractivity contribution >= 4 is 6.21 Å². The number of aliphatic imine (C=N–C) groups is 1. The summed E-state index contributed by atoms with van der Waals surface area (Å²) in [4.78, 5) is 6.23. The van der Waals surface area contributed by atoms with Gasteiger partial charge in [0, 0.05) is 89.7 Å². The maximum atomic E-state index is 6.56. The van der Waals surface area contributed by atoms with Crippen molar-refractivity contribution in [3.63, 3.8) is 0 Å². The molecule has 0 aliphatic carbocycles. The summed E-state index contributed by atoms with van der Waals surface area (Å²) in [6, 6.07) is 0. The summed E-state index contributed by atoms with van der Waals surface area (Å²) in [5, 5.41) is 0. The Morgan fingerprint density at radius 2 is 0.756 bits per heavy atom. The molecule has 0 amide bonds. The zero-order valence-corrected chi connectivity index (χ0v) is 21.2. The Kier molecular flexibility index (Phi) is 19.1. The van der Waals surface area contributed by atoms with E-state index in [1.165, 1.54) is 0 Å². The number of rotatable bonds is 1. The van der Waals surface area contributed by atoms with Gasteiger partial charge in [0.1, 0.15) is 6.67 Å². The van der Waals surface area contributed by atoms with E-state index in [0.29, 0.717) is 6.67 Å². The summed E-state index contributed by atoms with van der Waals surface area (Å²) in [6.45, 7) is 1.38. The zero-order valence-electron chi connectivity index (χ0n) is 21.2. The van der Waals surface area contributed by atoms with Gasteiger partial charge >= 0.3 is 0 Å². The van der Waals surface area contributed by atoms with Crippen molar-refractivity contribution in [2.75, 3.05) is 13.2 Å². The highest BCUT2D eigenvalue weighted by molar-refractivity contribution is 5.63. The molecule has 0 bridgehead atoms. The van der Waals surface area contributed by atoms with Gasteiger partial charge in [-0.25, -0.2) is 10.8 Å². The van der Waals surface area contributed by atoms with Crippen molar-refractivity contribution in [1.82, 2.24) is 4.90 Å². The van der Waals surface area contributed by atoms with Gasteiger partial charge in [-0.15, -0.1) is 5.92 Å². The van der Waals surface area contributed by atoms with E-state index in [2.05, 4.69) is 200 Å². The standard InChI is InChI=1S/C38H8N3/c1-2-3-4-5-6-7-8-9-10-11-12-13-14-15-16-17-18-19-20-21-22-23-24-25-26-27-28-29-30-31-32-33-34-38-40-35-36-41(38)37-39/h35,38H,36-37,39H2/q-1/p+1. The minimum absolute atomic E-state index is 0.187. The van der Waals surface area contributed by atoms with Gasteiger partial charge in [-0.1, -0.05) is 0 Å². The number of quaternary nitrogens is 1. The first-order valence-electron chi connectivity index (χ1n) is 10.9. The Labute approximate surface area is 242 Å². The minimum Gasteiger partial charge on any atom is -0.358 e. The molecule has 1 atom stereocenters. The summed E-state index contributed by atoms with van der Waals surface area (Å²) < 4.78 is 0. The highest BCUT2D eigenvalue weighted by atomic mass is 15.3. The Morgan fingerprint density at radius 3 is 1.02 bits per heavy atom. The molecule has 0 aromatic rings. The molecule has 0 aromatic heterocycles. The van der Waals surface area contributed by atoms with Gasteiger partial charge in [-0.3, -0.25) is 10.9 Å². The summed E-state index contributed by atoms with van der Waals surface area (Å²) in [7, 11) is 0. The zero-order chi connectivity index (χ0) is 29.3. The second-order valence-corrected chi connectivity index (χ2v) is 5.84. The molecule has 0 radical (unpaired) electrons. The SMILES string of the molecule is [C-]#CC#CC#CC#CC#CC#CC#CC#CC#CC#CC#CC#CC#CC#CC#CC#CC#CC1N=CCN1C[NH3+]. The third-order valence-electron chi connectivity index (χ3n) is 3.33. The normalized spacial score (nSPS) is 8.93. The van der Waals surface area contributed by atoms with Crippen molar-refractivity contribution in [2.24, 2.45) is 4.99 Å². The van der Waals surface area contributed by atoms with E-state index >= 15 is 0 Å². The molecule has 1 heterocycles. The van der Waals surface area contributed by atoms with Gasteiger partial charge in [0.15, 0.2) is 6.17 Å². The van der Waals surface area contributed by atoms with Crippen molar-refractivity contribution in [1.29, 1.82) is 0 Å². The molecule has 3 nitrogen and oxygen atoms in total. The van der Waals surface area contributed by atoms with Crippen molar-refractivity contribution < 1.29 is 5.73 Å². The minimum atomic E-state index is -0.187. The quantitative estimate of drug-likeness (QED) is 0.343. The monoisotopic (exact) mass is 507 g/mol. The number of nitrogens with zero attached hydrogens (tertiary/aromatic N) is 2. The lowest BCUT2D eigenvalue weighted by molar-refractivity contribution is -0.400. The lowest BCUT2D eigenvalue weighted by Gasteiger charge is -2.12. The maximum absolute atomic E-state index is 6.56. The summed E-state index contributed by atoms with van der Waals surface area (Å²) in [5.74, 6) is 82.2. The Balaban J connectivity index is 2.39. The molecule has 1 aliphatic heterocycles. The van der Waals surface area contributed by atoms with Crippen LogP contribution in [0.4, 0.5) is 0 Å². The number of hydrogen-bond donors (Lipinski definition) is 1. The fourth-order valence-electron chi connectivity index (χ4n) is 1.83. The summed E-state index contributed by atoms with van der Waals surface area (Å²) >= 11 is 0. The van der Waals surface area contributed by atoms with Crippen molar-refractivity contribution in [2.45, 2.75) is 6.17 Å². The Hall–Kier alpha value is -7.89. The highest BCUT2D eigenvalue weighted by Crippen LogP contribution is 2.01. The van der Waals surface area contributed by atoms with Crippen LogP contribution in [-0.4, -0.2) is 30.5 Å². The van der Waals surface area contributed by atoms with E-state index in [-0.39, 0.29) is 6.17 Å². The molecule has 0 saturated carbocycles. The van der Waals surface area contributed by atoms with Gasteiger partial charge in [-0.05, 0) is 101 Å². The van der Waals surface area contributed by atoms with Crippen LogP contribution in [0.5, 0.6) is 0 Å². The summed E-state index contributed by atoms with van der Waals surface area (Å²) in [6.07, 6.45) is 8.18. The lowest BCUT2D eigenvalue weighted by Crippen LogP contribution is -2.59. The molecule has 0 saturated heterocycles. The van der Waals surface area contributed by atoms with Crippen LogP contribution in [0.15, 0.2) is 4.99 Å². The van der Waals surface area contributed by atoms with E-state index in [4.69, 9.17) is 6.42 Å². The predicted molar refractivity (Wildman–Crippen MR) is 158 cm³/mol. The van der Waals surface area contributed by atoms with Gasteiger partial charge in [0.25, 0.3) is 0 Å². The van der Waals surface area contributed by atoms with Gasteiger partial charge in [0.2, 0.25) is 0 Å². The van der Waals surface area contributed by atoms with Crippen LogP contribution < -0.4 is 5.73 Å². The fraction of sp³-hybridized carbons (Fsp3) is 0.0789. The fourth-order valence-corrected chi connectivity index (χ4v) is 1.83. The third kappa shape index (κ3) is 20.0. The third-order valence-corrected chi connectivity index (χ3v) is 3.33. The van der Waals surface area contributed by atoms with E-state index in [1.807, 2.05) is 17.0 Å². The molecule has 1 rings (SSSR count). The molecular formula is C38H9N3. The average Bonchev–Trinajstić information content (AvgIpc) is 3.45. The Morgan fingerprint density at radius 1 is 0.488 bits per heavy atom. The van der Waals surface area contributed by atoms with E-state index in [1.54, 1.807) is 0 Å². The smallest absolute Gasteiger partial charge is 0.169 e. The van der Waals surface area contributed by atoms with E-state index in [9.17, 15) is 0 Å². The van der Waals surface area contributed by atoms with Crippen LogP contribution >= 0.6 is 0 Å². The van der Waals surface area contributed by atoms with Gasteiger partial charge in [0.05, 0.1) is 0 Å². The summed E-state index contributed by atoms with van der Waals surface area (Å²) in [5.41, 5.74) is 3.82. The van der Waals surface area contributed by atoms with Crippen LogP contribution in [0.3, 0.4) is 0 Å². The molecule has 176 valence electrons. The molecule has 0 spiro atoms. The van der Waals surface area contributed by atoms with Crippen molar-refractivity contribution in [3.05, 3.63) is 6.42 Å². The van der Waals surface area contributed by atoms with Crippen LogP contribution in [0.25, 0.3) is 0 Å². The lowest BCUT2D eigenvalue weighted by atomic mass is 10.4. The van der Waals surface area contributed by atoms with Crippen LogP contribution in [0, 0.1) is 202 Å². The second kappa shape index (κ2) is 25.2. The van der Waals surface area contributed by atoms with E-state index in [0.717, 1.165) is 6.54 Å². The average molecular weight is 508 g/mol. The molecular weight excluding hydrogens is 498 g/mol. The first-order chi connectivity index (χ1) is 20.4. The first-order valence-corrected chi connectivity index (χ1v) is 10.9. The Bertz CT molecular complexity index is 2170. The second-order valence-electron chi connectivity index (χ2n) is 5.84. The van der Waals surface area contributed by atoms with E-state index < -0.39 is 0 Å². The molecule has 0 fully saturated rings. The maximum Gasteiger partial charge on any atom is 0.169 e. The molecule has 1 aliphatic rings. The van der Waals surface area contributed by atoms with Crippen LogP contribution in [-0.2, 0) is 0 Å². The van der Waals surface area contributed by atoms with Gasteiger partial charge in [-0.2, -0.15) is 0 Å². The van der Waals surface area contributed by atoms with Crippen LogP contribution in [0.1, 0.15) is 0 Å². The molecule has 3 heteroatoms. The first kappa shape index (κ1) is 31.1. The molecule has 41 heavy (non-hydrogen) atoms. The van der Waals surface area contributed by atoms with Crippen LogP contribution in [0.2, 0.25) is 0 Å². The van der Waals surface area contributed by atoms with Crippen molar-refractivity contribution in [3.8, 4) is 195 Å². The molecule has 1 unspecified atom stereocenters. The number of hydrogen-bond acceptors (Lipinski definition) is 2. The topological polar surface area (TPSA) is 43.2 Å².